The molecule has 0 saturated heterocycles. The molecule has 0 bridgehead atoms. The molecule has 0 saturated carbocycles. The lowest BCUT2D eigenvalue weighted by atomic mass is 9.67. The van der Waals surface area contributed by atoms with E-state index in [-0.39, 0.29) is 5.54 Å². The van der Waals surface area contributed by atoms with Gasteiger partial charge in [-0.1, -0.05) is 54.4 Å². The van der Waals surface area contributed by atoms with Crippen LogP contribution in [0.2, 0.25) is 0 Å². The summed E-state index contributed by atoms with van der Waals surface area (Å²) in [5, 5.41) is 0. The van der Waals surface area contributed by atoms with Crippen LogP contribution in [0, 0.1) is 17.3 Å². The maximum Gasteiger partial charge on any atom is 0.0177 e. The van der Waals surface area contributed by atoms with Crippen LogP contribution in [-0.4, -0.2) is 23.5 Å². The van der Waals surface area contributed by atoms with Crippen LogP contribution in [0.3, 0.4) is 0 Å². The second kappa shape index (κ2) is 6.41. The summed E-state index contributed by atoms with van der Waals surface area (Å²) in [7, 11) is 2.31. The highest BCUT2D eigenvalue weighted by molar-refractivity contribution is 4.94. The summed E-state index contributed by atoms with van der Waals surface area (Å²) in [6.45, 7) is 21.4. The van der Waals surface area contributed by atoms with Crippen LogP contribution >= 0.6 is 0 Å². The molecule has 0 aromatic rings. The van der Waals surface area contributed by atoms with Gasteiger partial charge in [0.15, 0.2) is 0 Å². The average Bonchev–Trinajstić information content (AvgIpc) is 2.25. The van der Waals surface area contributed by atoms with Crippen molar-refractivity contribution in [2.75, 3.05) is 7.05 Å². The summed E-state index contributed by atoms with van der Waals surface area (Å²) in [6, 6.07) is 0.637. The molecule has 0 N–H and O–H groups in total. The Balaban J connectivity index is 5.37. The number of rotatable bonds is 6. The zero-order chi connectivity index (χ0) is 14.7. The standard InChI is InChI=1S/C17H37N/c1-11-13(3)15(18(10)16(5,6)7)17(8,9)14(4)12-2/h13-15H,11-12H2,1-10H3. The third kappa shape index (κ3) is 3.98. The normalized spacial score (nSPS) is 18.8. The Labute approximate surface area is 116 Å². The largest absolute Gasteiger partial charge is 0.298 e. The zero-order valence-electron chi connectivity index (χ0n) is 14.6. The van der Waals surface area contributed by atoms with Gasteiger partial charge < -0.3 is 0 Å². The molecule has 18 heavy (non-hydrogen) atoms. The zero-order valence-corrected chi connectivity index (χ0v) is 14.6. The predicted octanol–water partition coefficient (Wildman–Crippen LogP) is 5.20. The molecular weight excluding hydrogens is 218 g/mol. The molecule has 110 valence electrons. The molecule has 3 unspecified atom stereocenters. The summed E-state index contributed by atoms with van der Waals surface area (Å²) in [5.74, 6) is 1.49. The van der Waals surface area contributed by atoms with E-state index >= 15 is 0 Å². The highest BCUT2D eigenvalue weighted by atomic mass is 15.2. The van der Waals surface area contributed by atoms with Crippen LogP contribution in [-0.2, 0) is 0 Å². The number of hydrogen-bond acceptors (Lipinski definition) is 1. The van der Waals surface area contributed by atoms with E-state index in [2.05, 4.69) is 74.3 Å². The first-order chi connectivity index (χ1) is 8.00. The molecule has 0 aliphatic heterocycles. The van der Waals surface area contributed by atoms with Crippen molar-refractivity contribution in [2.24, 2.45) is 17.3 Å². The molecule has 0 heterocycles. The topological polar surface area (TPSA) is 3.24 Å². The van der Waals surface area contributed by atoms with Crippen LogP contribution in [0.25, 0.3) is 0 Å². The van der Waals surface area contributed by atoms with Crippen LogP contribution in [0.1, 0.15) is 75.2 Å². The maximum atomic E-state index is 2.60. The second-order valence-corrected chi connectivity index (χ2v) is 7.74. The van der Waals surface area contributed by atoms with Gasteiger partial charge in [-0.05, 0) is 45.1 Å². The Kier molecular flexibility index (Phi) is 6.40. The maximum absolute atomic E-state index is 2.60. The smallest absolute Gasteiger partial charge is 0.0177 e. The van der Waals surface area contributed by atoms with Gasteiger partial charge in [-0.2, -0.15) is 0 Å². The van der Waals surface area contributed by atoms with E-state index in [1.165, 1.54) is 12.8 Å². The molecule has 0 aliphatic rings. The van der Waals surface area contributed by atoms with Crippen molar-refractivity contribution in [1.29, 1.82) is 0 Å². The minimum atomic E-state index is 0.235. The fraction of sp³-hybridized carbons (Fsp3) is 1.00. The first-order valence-electron chi connectivity index (χ1n) is 7.73. The van der Waals surface area contributed by atoms with Crippen LogP contribution in [0.5, 0.6) is 0 Å². The lowest BCUT2D eigenvalue weighted by Gasteiger charge is -2.51. The Morgan fingerprint density at radius 3 is 1.61 bits per heavy atom. The van der Waals surface area contributed by atoms with Gasteiger partial charge in [0.2, 0.25) is 0 Å². The van der Waals surface area contributed by atoms with Gasteiger partial charge >= 0.3 is 0 Å². The first-order valence-corrected chi connectivity index (χ1v) is 7.73. The molecule has 3 atom stereocenters. The van der Waals surface area contributed by atoms with E-state index in [0.717, 1.165) is 11.8 Å². The number of nitrogens with zero attached hydrogens (tertiary/aromatic N) is 1. The van der Waals surface area contributed by atoms with Crippen molar-refractivity contribution in [2.45, 2.75) is 86.7 Å². The fourth-order valence-electron chi connectivity index (χ4n) is 3.07. The highest BCUT2D eigenvalue weighted by Gasteiger charge is 2.41. The third-order valence-electron chi connectivity index (χ3n) is 5.30. The second-order valence-electron chi connectivity index (χ2n) is 7.74. The SMILES string of the molecule is CCC(C)C(N(C)C(C)(C)C)C(C)(C)C(C)CC. The van der Waals surface area contributed by atoms with Crippen LogP contribution < -0.4 is 0 Å². The first kappa shape index (κ1) is 18.0. The fourth-order valence-corrected chi connectivity index (χ4v) is 3.07. The summed E-state index contributed by atoms with van der Waals surface area (Å²) in [6.07, 6.45) is 2.52. The van der Waals surface area contributed by atoms with E-state index in [9.17, 15) is 0 Å². The molecular formula is C17H37N. The molecule has 0 amide bonds. The molecule has 0 fully saturated rings. The van der Waals surface area contributed by atoms with Crippen molar-refractivity contribution in [3.63, 3.8) is 0 Å². The van der Waals surface area contributed by atoms with E-state index in [4.69, 9.17) is 0 Å². The van der Waals surface area contributed by atoms with Crippen LogP contribution in [0.15, 0.2) is 0 Å². The van der Waals surface area contributed by atoms with Crippen molar-refractivity contribution in [1.82, 2.24) is 4.90 Å². The van der Waals surface area contributed by atoms with Crippen LogP contribution in [0.4, 0.5) is 0 Å². The Hall–Kier alpha value is -0.0400. The highest BCUT2D eigenvalue weighted by Crippen LogP contribution is 2.41. The van der Waals surface area contributed by atoms with Gasteiger partial charge in [-0.15, -0.1) is 0 Å². The molecule has 0 aromatic heterocycles. The summed E-state index contributed by atoms with van der Waals surface area (Å²) in [5.41, 5.74) is 0.588. The lowest BCUT2D eigenvalue weighted by molar-refractivity contribution is -0.0213. The van der Waals surface area contributed by atoms with Crippen molar-refractivity contribution in [3.05, 3.63) is 0 Å². The Morgan fingerprint density at radius 1 is 0.889 bits per heavy atom. The van der Waals surface area contributed by atoms with Gasteiger partial charge in [0, 0.05) is 11.6 Å². The van der Waals surface area contributed by atoms with E-state index in [1.54, 1.807) is 0 Å². The van der Waals surface area contributed by atoms with Gasteiger partial charge in [0.25, 0.3) is 0 Å². The molecule has 0 rings (SSSR count). The summed E-state index contributed by atoms with van der Waals surface area (Å²) >= 11 is 0. The molecule has 0 radical (unpaired) electrons. The monoisotopic (exact) mass is 255 g/mol. The number of hydrogen-bond donors (Lipinski definition) is 0. The quantitative estimate of drug-likeness (QED) is 0.630. The minimum absolute atomic E-state index is 0.235. The molecule has 0 aromatic carbocycles. The molecule has 0 spiro atoms. The summed E-state index contributed by atoms with van der Waals surface area (Å²) in [4.78, 5) is 2.60. The van der Waals surface area contributed by atoms with Crippen molar-refractivity contribution >= 4 is 0 Å². The average molecular weight is 255 g/mol. The van der Waals surface area contributed by atoms with Gasteiger partial charge in [0.1, 0.15) is 0 Å². The Morgan fingerprint density at radius 2 is 1.33 bits per heavy atom. The van der Waals surface area contributed by atoms with Crippen molar-refractivity contribution in [3.8, 4) is 0 Å². The van der Waals surface area contributed by atoms with Gasteiger partial charge in [-0.25, -0.2) is 0 Å². The molecule has 1 heteroatoms. The molecule has 1 nitrogen and oxygen atoms in total. The van der Waals surface area contributed by atoms with Gasteiger partial charge in [0.05, 0.1) is 0 Å². The predicted molar refractivity (Wildman–Crippen MR) is 84.0 cm³/mol. The van der Waals surface area contributed by atoms with E-state index < -0.39 is 0 Å². The van der Waals surface area contributed by atoms with Crippen molar-refractivity contribution < 1.29 is 0 Å². The van der Waals surface area contributed by atoms with Gasteiger partial charge in [-0.3, -0.25) is 4.90 Å². The third-order valence-corrected chi connectivity index (χ3v) is 5.30. The summed E-state index contributed by atoms with van der Waals surface area (Å²) < 4.78 is 0. The molecule has 0 aliphatic carbocycles. The Bertz CT molecular complexity index is 236. The van der Waals surface area contributed by atoms with E-state index in [1.807, 2.05) is 0 Å². The minimum Gasteiger partial charge on any atom is -0.298 e. The lowest BCUT2D eigenvalue weighted by Crippen LogP contribution is -2.56. The van der Waals surface area contributed by atoms with E-state index in [0.29, 0.717) is 11.5 Å².